The van der Waals surface area contributed by atoms with Gasteiger partial charge in [-0.1, -0.05) is 27.7 Å². The molecule has 0 amide bonds. The predicted molar refractivity (Wildman–Crippen MR) is 111 cm³/mol. The molecule has 0 aromatic heterocycles. The van der Waals surface area contributed by atoms with Crippen LogP contribution < -0.4 is 0 Å². The maximum atomic E-state index is 13.0. The first-order chi connectivity index (χ1) is 12.5. The van der Waals surface area contributed by atoms with E-state index in [9.17, 15) is 9.59 Å². The van der Waals surface area contributed by atoms with Gasteiger partial charge in [0.2, 0.25) is 0 Å². The van der Waals surface area contributed by atoms with Gasteiger partial charge in [-0.05, 0) is 75.4 Å². The van der Waals surface area contributed by atoms with Gasteiger partial charge in [-0.15, -0.1) is 0 Å². The Bertz CT molecular complexity index is 549. The summed E-state index contributed by atoms with van der Waals surface area (Å²) in [6.07, 6.45) is 6.23. The van der Waals surface area contributed by atoms with Crippen LogP contribution in [0.15, 0.2) is 0 Å². The molecule has 0 heterocycles. The fourth-order valence-electron chi connectivity index (χ4n) is 5.67. The summed E-state index contributed by atoms with van der Waals surface area (Å²) in [5, 5.41) is 0. The molecule has 0 N–H and O–H groups in total. The summed E-state index contributed by atoms with van der Waals surface area (Å²) in [4.78, 5) is 25.3. The van der Waals surface area contributed by atoms with E-state index in [0.717, 1.165) is 32.1 Å². The van der Waals surface area contributed by atoms with Crippen LogP contribution in [0.1, 0.15) is 72.6 Å². The Morgan fingerprint density at radius 2 is 1.89 bits per heavy atom. The fraction of sp³-hybridized carbons (Fsp3) is 0.909. The first kappa shape index (κ1) is 22.6. The van der Waals surface area contributed by atoms with Gasteiger partial charge in [0, 0.05) is 12.3 Å². The van der Waals surface area contributed by atoms with Gasteiger partial charge in [-0.25, -0.2) is 4.79 Å². The highest BCUT2D eigenvalue weighted by atomic mass is 28.4. The van der Waals surface area contributed by atoms with E-state index in [1.54, 1.807) is 0 Å². The number of fused-ring (bicyclic) bond motifs is 1. The minimum Gasteiger partial charge on any atom is -0.463 e. The Balaban J connectivity index is 2.02. The second kappa shape index (κ2) is 8.36. The summed E-state index contributed by atoms with van der Waals surface area (Å²) < 4.78 is 12.1. The number of hydrogen-bond donors (Lipinski definition) is 0. The average Bonchev–Trinajstić information content (AvgIpc) is 2.95. The van der Waals surface area contributed by atoms with Gasteiger partial charge in [0.1, 0.15) is 5.78 Å². The van der Waals surface area contributed by atoms with Gasteiger partial charge >= 0.3 is 5.97 Å². The van der Waals surface area contributed by atoms with Crippen molar-refractivity contribution >= 4 is 20.1 Å². The van der Waals surface area contributed by atoms with E-state index in [-0.39, 0.29) is 23.2 Å². The van der Waals surface area contributed by atoms with E-state index in [1.807, 2.05) is 13.8 Å². The Labute approximate surface area is 166 Å². The van der Waals surface area contributed by atoms with Crippen molar-refractivity contribution < 1.29 is 18.8 Å². The molecule has 0 aliphatic heterocycles. The molecule has 5 heteroatoms. The third kappa shape index (κ3) is 4.67. The SMILES string of the molecule is CCC(CC)(O[Si](C)(C)C)C(=O)OCC(C)[C@H]1CC[C@H]2C(=O)CCC[C@]12C. The van der Waals surface area contributed by atoms with Crippen LogP contribution >= 0.6 is 0 Å². The number of esters is 1. The third-order valence-electron chi connectivity index (χ3n) is 7.12. The average molecular weight is 397 g/mol. The number of ketones is 1. The number of carbonyl (C=O) groups excluding carboxylic acids is 2. The molecule has 27 heavy (non-hydrogen) atoms. The molecule has 0 aromatic rings. The molecule has 2 rings (SSSR count). The van der Waals surface area contributed by atoms with Crippen LogP contribution in [0.3, 0.4) is 0 Å². The van der Waals surface area contributed by atoms with Gasteiger partial charge in [0.15, 0.2) is 13.9 Å². The largest absolute Gasteiger partial charge is 0.463 e. The van der Waals surface area contributed by atoms with Gasteiger partial charge in [0.05, 0.1) is 6.61 Å². The van der Waals surface area contributed by atoms with Crippen molar-refractivity contribution in [2.24, 2.45) is 23.2 Å². The normalized spacial score (nSPS) is 30.1. The Morgan fingerprint density at radius 3 is 2.44 bits per heavy atom. The van der Waals surface area contributed by atoms with Crippen molar-refractivity contribution in [3.63, 3.8) is 0 Å². The number of rotatable bonds is 8. The first-order valence-electron chi connectivity index (χ1n) is 10.9. The zero-order valence-electron chi connectivity index (χ0n) is 18.5. The number of hydrogen-bond acceptors (Lipinski definition) is 4. The zero-order chi connectivity index (χ0) is 20.5. The molecule has 4 atom stereocenters. The predicted octanol–water partition coefficient (Wildman–Crippen LogP) is 5.36. The molecular formula is C22H40O4Si. The van der Waals surface area contributed by atoms with Crippen molar-refractivity contribution in [3.8, 4) is 0 Å². The maximum Gasteiger partial charge on any atom is 0.337 e. The summed E-state index contributed by atoms with van der Waals surface area (Å²) in [7, 11) is -1.86. The Hall–Kier alpha value is -0.683. The number of Topliss-reactive ketones (excluding diaryl/α,β-unsaturated/α-hetero) is 1. The lowest BCUT2D eigenvalue weighted by atomic mass is 9.62. The molecule has 0 aromatic carbocycles. The molecule has 2 saturated carbocycles. The molecule has 0 saturated heterocycles. The van der Waals surface area contributed by atoms with Crippen molar-refractivity contribution in [2.45, 2.75) is 97.9 Å². The first-order valence-corrected chi connectivity index (χ1v) is 14.3. The highest BCUT2D eigenvalue weighted by Gasteiger charge is 2.52. The monoisotopic (exact) mass is 396 g/mol. The van der Waals surface area contributed by atoms with Crippen molar-refractivity contribution in [1.29, 1.82) is 0 Å². The molecule has 0 bridgehead atoms. The van der Waals surface area contributed by atoms with Crippen LogP contribution in [0.2, 0.25) is 19.6 Å². The minimum absolute atomic E-state index is 0.0859. The molecule has 2 aliphatic rings. The van der Waals surface area contributed by atoms with Gasteiger partial charge in [-0.2, -0.15) is 0 Å². The Kier molecular flexibility index (Phi) is 7.00. The van der Waals surface area contributed by atoms with Crippen molar-refractivity contribution in [1.82, 2.24) is 0 Å². The quantitative estimate of drug-likeness (QED) is 0.409. The molecule has 156 valence electrons. The van der Waals surface area contributed by atoms with Crippen LogP contribution in [0.4, 0.5) is 0 Å². The minimum atomic E-state index is -1.86. The molecule has 0 spiro atoms. The van der Waals surface area contributed by atoms with Crippen molar-refractivity contribution in [3.05, 3.63) is 0 Å². The topological polar surface area (TPSA) is 52.6 Å². The summed E-state index contributed by atoms with van der Waals surface area (Å²) in [5.74, 6) is 1.19. The van der Waals surface area contributed by atoms with Gasteiger partial charge in [-0.3, -0.25) is 4.79 Å². The molecule has 0 radical (unpaired) electrons. The lowest BCUT2D eigenvalue weighted by Crippen LogP contribution is -2.49. The van der Waals surface area contributed by atoms with Crippen LogP contribution in [-0.4, -0.2) is 32.3 Å². The van der Waals surface area contributed by atoms with Crippen LogP contribution in [0, 0.1) is 23.2 Å². The fourth-order valence-corrected chi connectivity index (χ4v) is 7.21. The van der Waals surface area contributed by atoms with E-state index in [0.29, 0.717) is 31.1 Å². The van der Waals surface area contributed by atoms with E-state index in [4.69, 9.17) is 9.16 Å². The highest BCUT2D eigenvalue weighted by Crippen LogP contribution is 2.56. The lowest BCUT2D eigenvalue weighted by Gasteiger charge is -2.42. The van der Waals surface area contributed by atoms with Gasteiger partial charge < -0.3 is 9.16 Å². The van der Waals surface area contributed by atoms with Gasteiger partial charge in [0.25, 0.3) is 0 Å². The standard InChI is InChI=1S/C22H40O4Si/c1-8-22(9-2,26-27(5,6)7)20(24)25-15-16(3)17-12-13-18-19(23)11-10-14-21(17,18)4/h16-18H,8-15H2,1-7H3/t16?,17-,18+,21-/m1/s1. The van der Waals surface area contributed by atoms with Crippen molar-refractivity contribution in [2.75, 3.05) is 6.61 Å². The van der Waals surface area contributed by atoms with E-state index in [2.05, 4.69) is 33.5 Å². The second-order valence-electron chi connectivity index (χ2n) is 10.1. The highest BCUT2D eigenvalue weighted by molar-refractivity contribution is 6.70. The lowest BCUT2D eigenvalue weighted by molar-refractivity contribution is -0.166. The Morgan fingerprint density at radius 1 is 1.26 bits per heavy atom. The summed E-state index contributed by atoms with van der Waals surface area (Å²) >= 11 is 0. The zero-order valence-corrected chi connectivity index (χ0v) is 19.5. The molecule has 2 aliphatic carbocycles. The van der Waals surface area contributed by atoms with E-state index >= 15 is 0 Å². The molecule has 1 unspecified atom stereocenters. The maximum absolute atomic E-state index is 13.0. The summed E-state index contributed by atoms with van der Waals surface area (Å²) in [6.45, 7) is 15.3. The second-order valence-corrected chi connectivity index (χ2v) is 14.5. The molecular weight excluding hydrogens is 356 g/mol. The van der Waals surface area contributed by atoms with Crippen LogP contribution in [-0.2, 0) is 18.8 Å². The van der Waals surface area contributed by atoms with E-state index < -0.39 is 13.9 Å². The third-order valence-corrected chi connectivity index (χ3v) is 8.12. The molecule has 4 nitrogen and oxygen atoms in total. The summed E-state index contributed by atoms with van der Waals surface area (Å²) in [5.41, 5.74) is -0.726. The van der Waals surface area contributed by atoms with Crippen LogP contribution in [0.5, 0.6) is 0 Å². The number of carbonyl (C=O) groups is 2. The van der Waals surface area contributed by atoms with Crippen LogP contribution in [0.25, 0.3) is 0 Å². The smallest absolute Gasteiger partial charge is 0.337 e. The van der Waals surface area contributed by atoms with E-state index in [1.165, 1.54) is 0 Å². The number of ether oxygens (including phenoxy) is 1. The summed E-state index contributed by atoms with van der Waals surface area (Å²) in [6, 6.07) is 0. The molecule has 2 fully saturated rings.